The monoisotopic (exact) mass is 293 g/mol. The summed E-state index contributed by atoms with van der Waals surface area (Å²) in [7, 11) is 1.96. The lowest BCUT2D eigenvalue weighted by molar-refractivity contribution is 0.712. The molecule has 0 aromatic carbocycles. The van der Waals surface area contributed by atoms with Crippen LogP contribution in [0.25, 0.3) is 11.2 Å². The van der Waals surface area contributed by atoms with Gasteiger partial charge in [0, 0.05) is 18.1 Å². The third-order valence-electron chi connectivity index (χ3n) is 3.14. The molecule has 1 N–H and O–H groups in total. The molecule has 3 aromatic rings. The number of imidazole rings is 1. The Morgan fingerprint density at radius 3 is 2.89 bits per heavy atom. The van der Waals surface area contributed by atoms with Crippen molar-refractivity contribution in [2.45, 2.75) is 26.8 Å². The number of hydrogen-bond donors (Lipinski definition) is 1. The van der Waals surface area contributed by atoms with E-state index in [9.17, 15) is 0 Å². The third kappa shape index (κ3) is 2.02. The molecule has 0 bridgehead atoms. The van der Waals surface area contributed by atoms with Crippen molar-refractivity contribution in [3.8, 4) is 0 Å². The highest BCUT2D eigenvalue weighted by Crippen LogP contribution is 2.21. The highest BCUT2D eigenvalue weighted by molar-refractivity contribution is 7.71. The smallest absolute Gasteiger partial charge is 0.179 e. The van der Waals surface area contributed by atoms with Crippen LogP contribution in [0.3, 0.4) is 0 Å². The number of H-pyrrole nitrogens is 1. The van der Waals surface area contributed by atoms with Crippen LogP contribution in [0.5, 0.6) is 0 Å². The van der Waals surface area contributed by atoms with E-state index in [2.05, 4.69) is 26.6 Å². The number of nitrogens with zero attached hydrogens (tertiary/aromatic N) is 4. The van der Waals surface area contributed by atoms with Crippen LogP contribution < -0.4 is 0 Å². The zero-order valence-corrected chi connectivity index (χ0v) is 12.7. The van der Waals surface area contributed by atoms with Crippen molar-refractivity contribution >= 4 is 34.7 Å². The summed E-state index contributed by atoms with van der Waals surface area (Å²) in [4.78, 5) is 8.76. The van der Waals surface area contributed by atoms with Gasteiger partial charge in [-0.25, -0.2) is 4.98 Å². The Hall–Kier alpha value is -1.47. The number of rotatable bonds is 3. The van der Waals surface area contributed by atoms with Crippen LogP contribution in [0.4, 0.5) is 0 Å². The Kier molecular flexibility index (Phi) is 3.02. The maximum absolute atomic E-state index is 5.43. The van der Waals surface area contributed by atoms with Crippen molar-refractivity contribution in [3.05, 3.63) is 26.5 Å². The number of thiazole rings is 1. The van der Waals surface area contributed by atoms with E-state index in [-0.39, 0.29) is 0 Å². The molecule has 3 aromatic heterocycles. The fraction of sp³-hybridized carbons (Fsp3) is 0.417. The first-order valence-electron chi connectivity index (χ1n) is 6.15. The van der Waals surface area contributed by atoms with Gasteiger partial charge in [-0.15, -0.1) is 11.3 Å². The molecule has 7 heteroatoms. The van der Waals surface area contributed by atoms with Crippen molar-refractivity contribution in [1.82, 2.24) is 24.3 Å². The van der Waals surface area contributed by atoms with Crippen LogP contribution in [-0.2, 0) is 20.0 Å². The molecule has 0 saturated carbocycles. The highest BCUT2D eigenvalue weighted by Gasteiger charge is 2.14. The highest BCUT2D eigenvalue weighted by atomic mass is 32.1. The molecule has 0 spiro atoms. The molecule has 0 fully saturated rings. The van der Waals surface area contributed by atoms with E-state index in [0.717, 1.165) is 39.6 Å². The number of fused-ring (bicyclic) bond motifs is 1. The second kappa shape index (κ2) is 4.57. The number of aryl methyl sites for hydroxylation is 3. The average Bonchev–Trinajstić information content (AvgIpc) is 3.00. The topological polar surface area (TPSA) is 51.4 Å². The Morgan fingerprint density at radius 1 is 1.47 bits per heavy atom. The number of aromatic amines is 1. The lowest BCUT2D eigenvalue weighted by Gasteiger charge is -2.02. The largest absolute Gasteiger partial charge is 0.328 e. The molecule has 0 saturated heterocycles. The van der Waals surface area contributed by atoms with Gasteiger partial charge in [-0.2, -0.15) is 5.10 Å². The first-order valence-corrected chi connectivity index (χ1v) is 7.38. The first-order chi connectivity index (χ1) is 9.10. The minimum atomic E-state index is 0.740. The van der Waals surface area contributed by atoms with E-state index in [1.165, 1.54) is 4.88 Å². The molecule has 3 heterocycles. The zero-order chi connectivity index (χ0) is 13.6. The van der Waals surface area contributed by atoms with Gasteiger partial charge in [-0.3, -0.25) is 9.25 Å². The van der Waals surface area contributed by atoms with Gasteiger partial charge in [-0.05, 0) is 25.6 Å². The van der Waals surface area contributed by atoms with Crippen LogP contribution in [0.15, 0.2) is 6.20 Å². The van der Waals surface area contributed by atoms with Gasteiger partial charge in [0.2, 0.25) is 0 Å². The normalized spacial score (nSPS) is 11.5. The Labute approximate surface area is 119 Å². The van der Waals surface area contributed by atoms with Crippen LogP contribution >= 0.6 is 23.6 Å². The molecule has 0 radical (unpaired) electrons. The molecule has 0 aliphatic rings. The Balaban J connectivity index is 2.15. The van der Waals surface area contributed by atoms with Gasteiger partial charge >= 0.3 is 0 Å². The summed E-state index contributed by atoms with van der Waals surface area (Å²) < 4.78 is 4.72. The molecule has 0 atom stereocenters. The summed E-state index contributed by atoms with van der Waals surface area (Å²) in [5.74, 6) is 0. The fourth-order valence-corrected chi connectivity index (χ4v) is 3.34. The molecule has 19 heavy (non-hydrogen) atoms. The summed E-state index contributed by atoms with van der Waals surface area (Å²) in [6, 6.07) is 0. The SMILES string of the molecule is CCc1nn(C)c2c1[nH]c(=S)n2Cc1cnc(C)s1. The van der Waals surface area contributed by atoms with Gasteiger partial charge < -0.3 is 4.98 Å². The molecule has 0 aliphatic carbocycles. The maximum atomic E-state index is 5.43. The van der Waals surface area contributed by atoms with Gasteiger partial charge in [0.25, 0.3) is 0 Å². The Morgan fingerprint density at radius 2 is 2.26 bits per heavy atom. The third-order valence-corrected chi connectivity index (χ3v) is 4.36. The second-order valence-electron chi connectivity index (χ2n) is 4.48. The van der Waals surface area contributed by atoms with Gasteiger partial charge in [0.05, 0.1) is 17.2 Å². The van der Waals surface area contributed by atoms with Gasteiger partial charge in [0.1, 0.15) is 5.52 Å². The quantitative estimate of drug-likeness (QED) is 0.756. The summed E-state index contributed by atoms with van der Waals surface area (Å²) >= 11 is 7.13. The molecular formula is C12H15N5S2. The fourth-order valence-electron chi connectivity index (χ4n) is 2.31. The van der Waals surface area contributed by atoms with E-state index in [1.54, 1.807) is 11.3 Å². The van der Waals surface area contributed by atoms with Crippen molar-refractivity contribution in [2.75, 3.05) is 0 Å². The van der Waals surface area contributed by atoms with Gasteiger partial charge in [-0.1, -0.05) is 6.92 Å². The molecule has 0 aliphatic heterocycles. The van der Waals surface area contributed by atoms with Crippen LogP contribution in [0.2, 0.25) is 0 Å². The van der Waals surface area contributed by atoms with E-state index in [0.29, 0.717) is 0 Å². The Bertz CT molecular complexity index is 789. The molecule has 0 unspecified atom stereocenters. The molecular weight excluding hydrogens is 278 g/mol. The minimum absolute atomic E-state index is 0.740. The summed E-state index contributed by atoms with van der Waals surface area (Å²) in [5, 5.41) is 5.60. The van der Waals surface area contributed by atoms with E-state index in [4.69, 9.17) is 12.2 Å². The maximum Gasteiger partial charge on any atom is 0.179 e. The summed E-state index contributed by atoms with van der Waals surface area (Å²) in [5.41, 5.74) is 3.16. The van der Waals surface area contributed by atoms with Gasteiger partial charge in [0.15, 0.2) is 10.4 Å². The second-order valence-corrected chi connectivity index (χ2v) is 6.19. The number of nitrogens with one attached hydrogen (secondary N) is 1. The molecule has 0 amide bonds. The van der Waals surface area contributed by atoms with E-state index < -0.39 is 0 Å². The number of hydrogen-bond acceptors (Lipinski definition) is 4. The minimum Gasteiger partial charge on any atom is -0.328 e. The van der Waals surface area contributed by atoms with Crippen molar-refractivity contribution < 1.29 is 0 Å². The van der Waals surface area contributed by atoms with E-state index >= 15 is 0 Å². The van der Waals surface area contributed by atoms with Crippen molar-refractivity contribution in [3.63, 3.8) is 0 Å². The van der Waals surface area contributed by atoms with Crippen molar-refractivity contribution in [1.29, 1.82) is 0 Å². The van der Waals surface area contributed by atoms with Crippen molar-refractivity contribution in [2.24, 2.45) is 7.05 Å². The predicted molar refractivity (Wildman–Crippen MR) is 79.2 cm³/mol. The molecule has 5 nitrogen and oxygen atoms in total. The summed E-state index contributed by atoms with van der Waals surface area (Å²) in [6.07, 6.45) is 2.81. The predicted octanol–water partition coefficient (Wildman–Crippen LogP) is 2.81. The summed E-state index contributed by atoms with van der Waals surface area (Å²) in [6.45, 7) is 4.86. The average molecular weight is 293 g/mol. The van der Waals surface area contributed by atoms with Crippen LogP contribution in [-0.4, -0.2) is 24.3 Å². The lowest BCUT2D eigenvalue weighted by atomic mass is 10.3. The van der Waals surface area contributed by atoms with Crippen LogP contribution in [0.1, 0.15) is 22.5 Å². The van der Waals surface area contributed by atoms with Crippen LogP contribution in [0, 0.1) is 11.7 Å². The molecule has 100 valence electrons. The molecule has 3 rings (SSSR count). The number of aromatic nitrogens is 5. The zero-order valence-electron chi connectivity index (χ0n) is 11.1. The lowest BCUT2D eigenvalue weighted by Crippen LogP contribution is -2.03. The first kappa shape index (κ1) is 12.6. The van der Waals surface area contributed by atoms with E-state index in [1.807, 2.05) is 24.9 Å². The standard InChI is InChI=1S/C12H15N5S2/c1-4-9-10-11(16(3)15-9)17(12(18)14-10)6-8-5-13-7(2)19-8/h5H,4,6H2,1-3H3,(H,14,18).